The number of carbonyl (C=O) groups excluding carboxylic acids is 1. The minimum absolute atomic E-state index is 0.0851. The summed E-state index contributed by atoms with van der Waals surface area (Å²) in [6.07, 6.45) is 0.390. The summed E-state index contributed by atoms with van der Waals surface area (Å²) in [5.41, 5.74) is 1.62. The van der Waals surface area contributed by atoms with Crippen molar-refractivity contribution in [1.29, 1.82) is 0 Å². The molecule has 6 heteroatoms. The van der Waals surface area contributed by atoms with Crippen LogP contribution in [0.5, 0.6) is 0 Å². The van der Waals surface area contributed by atoms with Gasteiger partial charge in [0.15, 0.2) is 9.84 Å². The molecule has 136 valence electrons. The first-order valence-electron chi connectivity index (χ1n) is 8.33. The standard InChI is InChI=1S/C19H25NO3S2/c1-13(2)10-19(21)20-12-18(16-6-5-9-24-16)25(22,23)17-11-14(3)7-8-15(17)4/h5-9,11,13,18H,10,12H2,1-4H3,(H,20,21)/t18-/m1/s1. The molecule has 0 saturated carbocycles. The Balaban J connectivity index is 2.35. The van der Waals surface area contributed by atoms with Crippen LogP contribution in [0.3, 0.4) is 0 Å². The Labute approximate surface area is 154 Å². The minimum Gasteiger partial charge on any atom is -0.354 e. The van der Waals surface area contributed by atoms with Crippen molar-refractivity contribution in [2.24, 2.45) is 5.92 Å². The number of carbonyl (C=O) groups is 1. The van der Waals surface area contributed by atoms with E-state index in [2.05, 4.69) is 5.32 Å². The van der Waals surface area contributed by atoms with Gasteiger partial charge in [0.2, 0.25) is 5.91 Å². The molecular weight excluding hydrogens is 354 g/mol. The average molecular weight is 380 g/mol. The normalized spacial score (nSPS) is 13.0. The number of nitrogens with one attached hydrogen (secondary N) is 1. The van der Waals surface area contributed by atoms with Crippen LogP contribution in [0.1, 0.15) is 41.5 Å². The maximum Gasteiger partial charge on any atom is 0.220 e. The van der Waals surface area contributed by atoms with Crippen LogP contribution in [0.4, 0.5) is 0 Å². The van der Waals surface area contributed by atoms with Crippen LogP contribution in [0.2, 0.25) is 0 Å². The number of benzene rings is 1. The van der Waals surface area contributed by atoms with Crippen molar-refractivity contribution in [2.45, 2.75) is 44.3 Å². The second-order valence-corrected chi connectivity index (χ2v) is 9.80. The Hall–Kier alpha value is -1.66. The van der Waals surface area contributed by atoms with Crippen LogP contribution in [0, 0.1) is 19.8 Å². The molecule has 1 aromatic heterocycles. The summed E-state index contributed by atoms with van der Waals surface area (Å²) in [5, 5.41) is 3.88. The van der Waals surface area contributed by atoms with Crippen molar-refractivity contribution in [3.63, 3.8) is 0 Å². The van der Waals surface area contributed by atoms with E-state index in [4.69, 9.17) is 0 Å². The molecule has 0 aliphatic carbocycles. The highest BCUT2D eigenvalue weighted by Gasteiger charge is 2.31. The zero-order valence-corrected chi connectivity index (χ0v) is 16.7. The lowest BCUT2D eigenvalue weighted by Gasteiger charge is -2.19. The van der Waals surface area contributed by atoms with Crippen molar-refractivity contribution in [2.75, 3.05) is 6.54 Å². The van der Waals surface area contributed by atoms with Gasteiger partial charge in [-0.25, -0.2) is 8.42 Å². The van der Waals surface area contributed by atoms with Gasteiger partial charge in [0, 0.05) is 17.8 Å². The fourth-order valence-electron chi connectivity index (χ4n) is 2.65. The van der Waals surface area contributed by atoms with Gasteiger partial charge >= 0.3 is 0 Å². The van der Waals surface area contributed by atoms with Crippen LogP contribution in [-0.4, -0.2) is 20.9 Å². The molecule has 2 rings (SSSR count). The second kappa shape index (κ2) is 8.15. The number of rotatable bonds is 7. The first-order valence-corrected chi connectivity index (χ1v) is 10.8. The fraction of sp³-hybridized carbons (Fsp3) is 0.421. The van der Waals surface area contributed by atoms with Gasteiger partial charge in [-0.05, 0) is 48.4 Å². The summed E-state index contributed by atoms with van der Waals surface area (Å²) in [5.74, 6) is 0.114. The molecule has 4 nitrogen and oxygen atoms in total. The minimum atomic E-state index is -3.61. The summed E-state index contributed by atoms with van der Waals surface area (Å²) < 4.78 is 26.6. The van der Waals surface area contributed by atoms with Gasteiger partial charge in [-0.15, -0.1) is 11.3 Å². The Morgan fingerprint density at radius 1 is 1.20 bits per heavy atom. The first kappa shape index (κ1) is 19.7. The SMILES string of the molecule is Cc1ccc(C)c(S(=O)(=O)[C@H](CNC(=O)CC(C)C)c2cccs2)c1. The number of sulfone groups is 1. The molecule has 0 radical (unpaired) electrons. The third-order valence-corrected chi connectivity index (χ3v) is 7.32. The highest BCUT2D eigenvalue weighted by atomic mass is 32.2. The predicted octanol–water partition coefficient (Wildman–Crippen LogP) is 4.04. The van der Waals surface area contributed by atoms with Crippen LogP contribution in [0.15, 0.2) is 40.6 Å². The highest BCUT2D eigenvalue weighted by molar-refractivity contribution is 7.92. The van der Waals surface area contributed by atoms with E-state index in [-0.39, 0.29) is 18.4 Å². The Bertz CT molecular complexity index is 824. The van der Waals surface area contributed by atoms with E-state index >= 15 is 0 Å². The molecule has 1 N–H and O–H groups in total. The van der Waals surface area contributed by atoms with Crippen LogP contribution >= 0.6 is 11.3 Å². The highest BCUT2D eigenvalue weighted by Crippen LogP contribution is 2.33. The summed E-state index contributed by atoms with van der Waals surface area (Å²) in [6.45, 7) is 7.69. The molecule has 1 atom stereocenters. The average Bonchev–Trinajstić information content (AvgIpc) is 3.02. The smallest absolute Gasteiger partial charge is 0.220 e. The monoisotopic (exact) mass is 379 g/mol. The van der Waals surface area contributed by atoms with Gasteiger partial charge in [0.25, 0.3) is 0 Å². The molecule has 1 heterocycles. The number of amides is 1. The van der Waals surface area contributed by atoms with Gasteiger partial charge in [-0.2, -0.15) is 0 Å². The topological polar surface area (TPSA) is 63.2 Å². The number of aryl methyl sites for hydroxylation is 2. The van der Waals surface area contributed by atoms with E-state index in [0.29, 0.717) is 11.3 Å². The van der Waals surface area contributed by atoms with Crippen LogP contribution < -0.4 is 5.32 Å². The largest absolute Gasteiger partial charge is 0.354 e. The number of hydrogen-bond donors (Lipinski definition) is 1. The third kappa shape index (κ3) is 4.92. The van der Waals surface area contributed by atoms with E-state index in [0.717, 1.165) is 16.0 Å². The second-order valence-electron chi connectivity index (χ2n) is 6.72. The van der Waals surface area contributed by atoms with Gasteiger partial charge in [0.1, 0.15) is 5.25 Å². The summed E-state index contributed by atoms with van der Waals surface area (Å²) in [7, 11) is -3.61. The number of thiophene rings is 1. The zero-order chi connectivity index (χ0) is 18.6. The molecular formula is C19H25NO3S2. The number of hydrogen-bond acceptors (Lipinski definition) is 4. The van der Waals surface area contributed by atoms with Gasteiger partial charge in [-0.3, -0.25) is 4.79 Å². The predicted molar refractivity (Wildman–Crippen MR) is 103 cm³/mol. The van der Waals surface area contributed by atoms with E-state index in [1.54, 1.807) is 13.0 Å². The summed E-state index contributed by atoms with van der Waals surface area (Å²) in [4.78, 5) is 13.1. The molecule has 0 saturated heterocycles. The Morgan fingerprint density at radius 2 is 1.92 bits per heavy atom. The molecule has 2 aromatic rings. The van der Waals surface area contributed by atoms with Gasteiger partial charge < -0.3 is 5.32 Å². The third-order valence-electron chi connectivity index (χ3n) is 3.96. The Kier molecular flexibility index (Phi) is 6.41. The molecule has 0 bridgehead atoms. The van der Waals surface area contributed by atoms with Gasteiger partial charge in [0.05, 0.1) is 4.90 Å². The van der Waals surface area contributed by atoms with Crippen LogP contribution in [-0.2, 0) is 14.6 Å². The molecule has 0 aliphatic heterocycles. The molecule has 0 unspecified atom stereocenters. The Morgan fingerprint density at radius 3 is 2.52 bits per heavy atom. The molecule has 0 aliphatic rings. The van der Waals surface area contributed by atoms with Crippen LogP contribution in [0.25, 0.3) is 0 Å². The molecule has 25 heavy (non-hydrogen) atoms. The van der Waals surface area contributed by atoms with E-state index in [1.807, 2.05) is 50.4 Å². The molecule has 0 spiro atoms. The molecule has 1 amide bonds. The maximum atomic E-state index is 13.3. The van der Waals surface area contributed by atoms with Crippen molar-refractivity contribution in [1.82, 2.24) is 5.32 Å². The van der Waals surface area contributed by atoms with E-state index in [1.165, 1.54) is 11.3 Å². The molecule has 1 aromatic carbocycles. The fourth-order valence-corrected chi connectivity index (χ4v) is 5.77. The summed E-state index contributed by atoms with van der Waals surface area (Å²) >= 11 is 1.40. The zero-order valence-electron chi connectivity index (χ0n) is 15.1. The van der Waals surface area contributed by atoms with E-state index in [9.17, 15) is 13.2 Å². The lowest BCUT2D eigenvalue weighted by molar-refractivity contribution is -0.121. The lowest BCUT2D eigenvalue weighted by Crippen LogP contribution is -2.32. The van der Waals surface area contributed by atoms with Crippen molar-refractivity contribution < 1.29 is 13.2 Å². The molecule has 0 fully saturated rings. The maximum absolute atomic E-state index is 13.3. The quantitative estimate of drug-likeness (QED) is 0.789. The van der Waals surface area contributed by atoms with Gasteiger partial charge in [-0.1, -0.05) is 32.0 Å². The van der Waals surface area contributed by atoms with Crippen molar-refractivity contribution >= 4 is 27.1 Å². The lowest BCUT2D eigenvalue weighted by atomic mass is 10.1. The van der Waals surface area contributed by atoms with Crippen molar-refractivity contribution in [3.05, 3.63) is 51.7 Å². The van der Waals surface area contributed by atoms with E-state index < -0.39 is 15.1 Å². The van der Waals surface area contributed by atoms with Crippen molar-refractivity contribution in [3.8, 4) is 0 Å². The first-order chi connectivity index (χ1) is 11.7. The summed E-state index contributed by atoms with van der Waals surface area (Å²) in [6, 6.07) is 9.08.